The van der Waals surface area contributed by atoms with Gasteiger partial charge in [0.2, 0.25) is 5.91 Å². The fourth-order valence-electron chi connectivity index (χ4n) is 4.61. The summed E-state index contributed by atoms with van der Waals surface area (Å²) in [5.74, 6) is 0.333. The molecule has 0 spiro atoms. The second-order valence-electron chi connectivity index (χ2n) is 7.78. The second kappa shape index (κ2) is 6.87. The third-order valence-corrected chi connectivity index (χ3v) is 6.20. The van der Waals surface area contributed by atoms with E-state index < -0.39 is 5.41 Å². The molecule has 3 heterocycles. The van der Waals surface area contributed by atoms with Crippen LogP contribution in [0.2, 0.25) is 0 Å². The lowest BCUT2D eigenvalue weighted by molar-refractivity contribution is -0.135. The summed E-state index contributed by atoms with van der Waals surface area (Å²) in [7, 11) is 0. The predicted molar refractivity (Wildman–Crippen MR) is 96.6 cm³/mol. The van der Waals surface area contributed by atoms with Crippen molar-refractivity contribution in [3.8, 4) is 0 Å². The SMILES string of the molecule is NC(=O)[C@]12CCOC[C@H]1CN(C(=O)c1ccnc(NC3CCCC3)c1)C2. The molecule has 3 aliphatic rings. The van der Waals surface area contributed by atoms with Crippen LogP contribution in [0.5, 0.6) is 0 Å². The summed E-state index contributed by atoms with van der Waals surface area (Å²) in [6, 6.07) is 3.99. The Labute approximate surface area is 153 Å². The lowest BCUT2D eigenvalue weighted by Gasteiger charge is -2.34. The van der Waals surface area contributed by atoms with Crippen molar-refractivity contribution in [3.63, 3.8) is 0 Å². The Kier molecular flexibility index (Phi) is 4.56. The molecule has 7 nitrogen and oxygen atoms in total. The van der Waals surface area contributed by atoms with Crippen molar-refractivity contribution in [2.45, 2.75) is 38.1 Å². The number of ether oxygens (including phenoxy) is 1. The van der Waals surface area contributed by atoms with Crippen LogP contribution in [0.4, 0.5) is 5.82 Å². The Balaban J connectivity index is 1.50. The van der Waals surface area contributed by atoms with Gasteiger partial charge in [-0.25, -0.2) is 4.98 Å². The van der Waals surface area contributed by atoms with Crippen LogP contribution in [0.3, 0.4) is 0 Å². The summed E-state index contributed by atoms with van der Waals surface area (Å²) in [6.07, 6.45) is 7.03. The van der Waals surface area contributed by atoms with E-state index >= 15 is 0 Å². The summed E-state index contributed by atoms with van der Waals surface area (Å²) in [4.78, 5) is 31.2. The molecule has 0 unspecified atom stereocenters. The number of fused-ring (bicyclic) bond motifs is 1. The van der Waals surface area contributed by atoms with E-state index in [0.717, 1.165) is 18.7 Å². The van der Waals surface area contributed by atoms with E-state index in [1.807, 2.05) is 6.07 Å². The molecule has 0 bridgehead atoms. The monoisotopic (exact) mass is 358 g/mol. The smallest absolute Gasteiger partial charge is 0.254 e. The Morgan fingerprint density at radius 3 is 2.88 bits per heavy atom. The number of pyridine rings is 1. The van der Waals surface area contributed by atoms with Gasteiger partial charge in [-0.05, 0) is 31.4 Å². The van der Waals surface area contributed by atoms with Gasteiger partial charge in [0.1, 0.15) is 5.82 Å². The van der Waals surface area contributed by atoms with Gasteiger partial charge < -0.3 is 20.7 Å². The Hall–Kier alpha value is -2.15. The first-order valence-corrected chi connectivity index (χ1v) is 9.48. The molecule has 4 rings (SSSR count). The third-order valence-electron chi connectivity index (χ3n) is 6.20. The number of nitrogens with zero attached hydrogens (tertiary/aromatic N) is 2. The normalized spacial score (nSPS) is 28.8. The van der Waals surface area contributed by atoms with Gasteiger partial charge in [0, 0.05) is 43.4 Å². The van der Waals surface area contributed by atoms with E-state index in [9.17, 15) is 9.59 Å². The number of aromatic nitrogens is 1. The Morgan fingerprint density at radius 1 is 1.35 bits per heavy atom. The van der Waals surface area contributed by atoms with Crippen LogP contribution in [0.15, 0.2) is 18.3 Å². The van der Waals surface area contributed by atoms with Crippen molar-refractivity contribution in [2.75, 3.05) is 31.6 Å². The van der Waals surface area contributed by atoms with Crippen LogP contribution in [-0.2, 0) is 9.53 Å². The van der Waals surface area contributed by atoms with Crippen molar-refractivity contribution in [3.05, 3.63) is 23.9 Å². The van der Waals surface area contributed by atoms with Gasteiger partial charge in [-0.1, -0.05) is 12.8 Å². The molecule has 1 aromatic rings. The van der Waals surface area contributed by atoms with Crippen molar-refractivity contribution >= 4 is 17.6 Å². The maximum atomic E-state index is 13.0. The van der Waals surface area contributed by atoms with Crippen LogP contribution < -0.4 is 11.1 Å². The van der Waals surface area contributed by atoms with Crippen LogP contribution in [0, 0.1) is 11.3 Å². The number of carbonyl (C=O) groups excluding carboxylic acids is 2. The topological polar surface area (TPSA) is 97.6 Å². The highest BCUT2D eigenvalue weighted by Gasteiger charge is 2.53. The van der Waals surface area contributed by atoms with Crippen LogP contribution in [-0.4, -0.2) is 54.0 Å². The molecule has 140 valence electrons. The number of hydrogen-bond acceptors (Lipinski definition) is 5. The quantitative estimate of drug-likeness (QED) is 0.848. The average Bonchev–Trinajstić information content (AvgIpc) is 3.29. The molecule has 1 aromatic heterocycles. The van der Waals surface area contributed by atoms with Crippen LogP contribution in [0.1, 0.15) is 42.5 Å². The molecular formula is C19H26N4O3. The van der Waals surface area contributed by atoms with Gasteiger partial charge in [-0.2, -0.15) is 0 Å². The highest BCUT2D eigenvalue weighted by Crippen LogP contribution is 2.42. The predicted octanol–water partition coefficient (Wildman–Crippen LogP) is 1.40. The van der Waals surface area contributed by atoms with Crippen molar-refractivity contribution in [1.82, 2.24) is 9.88 Å². The minimum atomic E-state index is -0.647. The number of anilines is 1. The number of nitrogens with two attached hydrogens (primary N) is 1. The van der Waals surface area contributed by atoms with Crippen molar-refractivity contribution in [1.29, 1.82) is 0 Å². The summed E-state index contributed by atoms with van der Waals surface area (Å²) in [5, 5.41) is 3.43. The molecule has 0 radical (unpaired) electrons. The highest BCUT2D eigenvalue weighted by atomic mass is 16.5. The standard InChI is InChI=1S/C19H26N4O3/c20-18(25)19-6-8-26-11-14(19)10-23(12-19)17(24)13-5-7-21-16(9-13)22-15-3-1-2-4-15/h5,7,9,14-15H,1-4,6,8,10-12H2,(H2,20,25)(H,21,22)/t14-,19+/m1/s1. The lowest BCUT2D eigenvalue weighted by Crippen LogP contribution is -2.48. The third kappa shape index (κ3) is 3.05. The first-order chi connectivity index (χ1) is 12.6. The fourth-order valence-corrected chi connectivity index (χ4v) is 4.61. The van der Waals surface area contributed by atoms with Gasteiger partial charge in [0.25, 0.3) is 5.91 Å². The number of nitrogens with one attached hydrogen (secondary N) is 1. The largest absolute Gasteiger partial charge is 0.381 e. The molecule has 1 saturated carbocycles. The minimum Gasteiger partial charge on any atom is -0.381 e. The fraction of sp³-hybridized carbons (Fsp3) is 0.632. The number of likely N-dealkylation sites (tertiary alicyclic amines) is 1. The molecule has 1 aliphatic carbocycles. The van der Waals surface area contributed by atoms with Crippen molar-refractivity contribution in [2.24, 2.45) is 17.1 Å². The Bertz CT molecular complexity index is 704. The number of rotatable bonds is 4. The number of hydrogen-bond donors (Lipinski definition) is 2. The number of amides is 2. The summed E-state index contributed by atoms with van der Waals surface area (Å²) in [5.41, 5.74) is 5.66. The van der Waals surface area contributed by atoms with Gasteiger partial charge in [-0.15, -0.1) is 0 Å². The first-order valence-electron chi connectivity index (χ1n) is 9.48. The zero-order valence-electron chi connectivity index (χ0n) is 14.9. The molecule has 2 amide bonds. The van der Waals surface area contributed by atoms with E-state index in [1.54, 1.807) is 17.2 Å². The van der Waals surface area contributed by atoms with Crippen LogP contribution in [0.25, 0.3) is 0 Å². The average molecular weight is 358 g/mol. The van der Waals surface area contributed by atoms with E-state index in [-0.39, 0.29) is 17.7 Å². The molecule has 3 fully saturated rings. The molecular weight excluding hydrogens is 332 g/mol. The molecule has 2 aliphatic heterocycles. The van der Waals surface area contributed by atoms with Gasteiger partial charge >= 0.3 is 0 Å². The van der Waals surface area contributed by atoms with E-state index in [0.29, 0.717) is 44.3 Å². The molecule has 7 heteroatoms. The minimum absolute atomic E-state index is 0.0179. The van der Waals surface area contributed by atoms with Crippen LogP contribution >= 0.6 is 0 Å². The summed E-state index contributed by atoms with van der Waals surface area (Å²) >= 11 is 0. The van der Waals surface area contributed by atoms with E-state index in [2.05, 4.69) is 10.3 Å². The molecule has 2 saturated heterocycles. The number of carbonyl (C=O) groups is 2. The second-order valence-corrected chi connectivity index (χ2v) is 7.78. The van der Waals surface area contributed by atoms with Gasteiger partial charge in [0.15, 0.2) is 0 Å². The van der Waals surface area contributed by atoms with Gasteiger partial charge in [-0.3, -0.25) is 9.59 Å². The summed E-state index contributed by atoms with van der Waals surface area (Å²) < 4.78 is 5.52. The first kappa shape index (κ1) is 17.3. The molecule has 2 atom stereocenters. The lowest BCUT2D eigenvalue weighted by atomic mass is 9.74. The van der Waals surface area contributed by atoms with E-state index in [1.165, 1.54) is 12.8 Å². The molecule has 0 aromatic carbocycles. The summed E-state index contributed by atoms with van der Waals surface area (Å²) in [6.45, 7) is 1.89. The van der Waals surface area contributed by atoms with Gasteiger partial charge in [0.05, 0.1) is 12.0 Å². The van der Waals surface area contributed by atoms with E-state index in [4.69, 9.17) is 10.5 Å². The maximum absolute atomic E-state index is 13.0. The highest BCUT2D eigenvalue weighted by molar-refractivity contribution is 5.96. The number of primary amides is 1. The zero-order valence-corrected chi connectivity index (χ0v) is 14.9. The maximum Gasteiger partial charge on any atom is 0.254 e. The Morgan fingerprint density at radius 2 is 2.15 bits per heavy atom. The molecule has 26 heavy (non-hydrogen) atoms. The molecule has 3 N–H and O–H groups in total. The zero-order chi connectivity index (χ0) is 18.1. The van der Waals surface area contributed by atoms with Crippen molar-refractivity contribution < 1.29 is 14.3 Å².